The number of hydrogen-bond acceptors (Lipinski definition) is 7. The predicted octanol–water partition coefficient (Wildman–Crippen LogP) is 2.76. The first-order chi connectivity index (χ1) is 15.8. The molecule has 0 unspecified atom stereocenters. The summed E-state index contributed by atoms with van der Waals surface area (Å²) in [5.74, 6) is -0.959. The topological polar surface area (TPSA) is 132 Å². The monoisotopic (exact) mass is 469 g/mol. The molecule has 0 amide bonds. The van der Waals surface area contributed by atoms with Crippen molar-refractivity contribution in [2.24, 2.45) is 4.40 Å². The third kappa shape index (κ3) is 6.57. The number of hydroxylamine groups is 1. The van der Waals surface area contributed by atoms with Gasteiger partial charge < -0.3 is 4.74 Å². The van der Waals surface area contributed by atoms with Crippen molar-refractivity contribution >= 4 is 27.9 Å². The fourth-order valence-corrected chi connectivity index (χ4v) is 3.96. The number of anilines is 1. The van der Waals surface area contributed by atoms with Crippen LogP contribution in [0.15, 0.2) is 70.0 Å². The normalized spacial score (nSPS) is 11.7. The van der Waals surface area contributed by atoms with Crippen molar-refractivity contribution in [1.29, 1.82) is 0 Å². The fourth-order valence-electron chi connectivity index (χ4n) is 2.86. The Morgan fingerprint density at radius 3 is 2.30 bits per heavy atom. The molecule has 0 aliphatic carbocycles. The minimum Gasteiger partial charge on any atom is -0.465 e. The molecule has 2 N–H and O–H groups in total. The maximum atomic E-state index is 13.1. The van der Waals surface area contributed by atoms with Gasteiger partial charge in [0.25, 0.3) is 10.0 Å². The molecule has 1 heterocycles. The van der Waals surface area contributed by atoms with E-state index >= 15 is 0 Å². The van der Waals surface area contributed by atoms with E-state index in [1.165, 1.54) is 31.4 Å². The first kappa shape index (κ1) is 23.8. The van der Waals surface area contributed by atoms with Crippen LogP contribution in [0.5, 0.6) is 0 Å². The quantitative estimate of drug-likeness (QED) is 0.232. The summed E-state index contributed by atoms with van der Waals surface area (Å²) in [5.41, 5.74) is 4.57. The Hall–Kier alpha value is -3.83. The average molecular weight is 470 g/mol. The van der Waals surface area contributed by atoms with E-state index in [9.17, 15) is 13.2 Å². The summed E-state index contributed by atoms with van der Waals surface area (Å²) in [6, 6.07) is 16.7. The lowest BCUT2D eigenvalue weighted by Crippen LogP contribution is -2.32. The second-order valence-corrected chi connectivity index (χ2v) is 8.45. The number of carbonyl (C=O) groups excluding carboxylic acids is 1. The van der Waals surface area contributed by atoms with Crippen molar-refractivity contribution in [3.05, 3.63) is 83.2 Å². The number of ether oxygens (including phenoxy) is 1. The molecule has 0 atom stereocenters. The Kier molecular flexibility index (Phi) is 7.70. The van der Waals surface area contributed by atoms with E-state index in [0.717, 1.165) is 5.56 Å². The van der Waals surface area contributed by atoms with E-state index < -0.39 is 16.0 Å². The maximum Gasteiger partial charge on any atom is 0.339 e. The Morgan fingerprint density at radius 2 is 1.64 bits per heavy atom. The average Bonchev–Trinajstić information content (AvgIpc) is 2.78. The highest BCUT2D eigenvalue weighted by molar-refractivity contribution is 7.90. The van der Waals surface area contributed by atoms with Gasteiger partial charge in [0.05, 0.1) is 19.3 Å². The molecular weight excluding hydrogens is 446 g/mol. The summed E-state index contributed by atoms with van der Waals surface area (Å²) in [6.45, 7) is 3.69. The molecule has 3 aromatic rings. The summed E-state index contributed by atoms with van der Waals surface area (Å²) in [5, 5.41) is 2.73. The van der Waals surface area contributed by atoms with Crippen molar-refractivity contribution in [1.82, 2.24) is 15.4 Å². The third-order valence-electron chi connectivity index (χ3n) is 4.24. The van der Waals surface area contributed by atoms with Crippen LogP contribution in [0.25, 0.3) is 0 Å². The van der Waals surface area contributed by atoms with E-state index in [-0.39, 0.29) is 29.0 Å². The summed E-state index contributed by atoms with van der Waals surface area (Å²) >= 11 is 0. The lowest BCUT2D eigenvalue weighted by atomic mass is 10.2. The molecule has 3 rings (SSSR count). The molecule has 0 aliphatic heterocycles. The smallest absolute Gasteiger partial charge is 0.339 e. The number of carbonyl (C=O) groups is 1. The van der Waals surface area contributed by atoms with Crippen molar-refractivity contribution in [2.75, 3.05) is 12.4 Å². The molecule has 0 bridgehead atoms. The number of rotatable bonds is 7. The standard InChI is InChI=1S/C22H23N5O5S/c1-15-13-16(2)24-21(23-15)25-22(26-32-14-17-9-5-4-6-10-17)27-33(29,30)19-12-8-7-11-18(19)20(28)31-3/h4-13H,14H2,1-3H3,(H2,23,24,25,26,27). The number of sulfonamides is 1. The second kappa shape index (κ2) is 10.7. The zero-order chi connectivity index (χ0) is 23.8. The van der Waals surface area contributed by atoms with Crippen LogP contribution in [0.1, 0.15) is 27.3 Å². The fraction of sp³-hybridized carbons (Fsp3) is 0.182. The third-order valence-corrected chi connectivity index (χ3v) is 5.58. The molecule has 0 fully saturated rings. The second-order valence-electron chi connectivity index (χ2n) is 6.88. The number of nitrogens with one attached hydrogen (secondary N) is 2. The summed E-state index contributed by atoms with van der Waals surface area (Å²) < 4.78 is 34.6. The van der Waals surface area contributed by atoms with Gasteiger partial charge >= 0.3 is 5.97 Å². The molecule has 0 aliphatic rings. The van der Waals surface area contributed by atoms with E-state index in [2.05, 4.69) is 29.9 Å². The number of aryl methyl sites for hydroxylation is 2. The van der Waals surface area contributed by atoms with Crippen LogP contribution >= 0.6 is 0 Å². The van der Waals surface area contributed by atoms with Crippen molar-refractivity contribution in [2.45, 2.75) is 25.3 Å². The van der Waals surface area contributed by atoms with Gasteiger partial charge in [0.1, 0.15) is 4.90 Å². The minimum atomic E-state index is -4.35. The molecule has 10 nitrogen and oxygen atoms in total. The molecule has 0 saturated carbocycles. The van der Waals surface area contributed by atoms with Crippen LogP contribution in [0.4, 0.5) is 5.95 Å². The van der Waals surface area contributed by atoms with Crippen LogP contribution < -0.4 is 10.8 Å². The number of nitrogens with zero attached hydrogens (tertiary/aromatic N) is 3. The molecular formula is C22H23N5O5S. The Bertz CT molecular complexity index is 1240. The summed E-state index contributed by atoms with van der Waals surface area (Å²) in [7, 11) is -3.19. The molecule has 2 aromatic carbocycles. The van der Waals surface area contributed by atoms with Gasteiger partial charge in [0, 0.05) is 11.4 Å². The molecule has 0 radical (unpaired) electrons. The highest BCUT2D eigenvalue weighted by Crippen LogP contribution is 2.19. The van der Waals surface area contributed by atoms with Gasteiger partial charge in [-0.1, -0.05) is 42.5 Å². The molecule has 1 aromatic heterocycles. The number of guanidine groups is 1. The molecule has 172 valence electrons. The zero-order valence-electron chi connectivity index (χ0n) is 18.3. The Balaban J connectivity index is 1.93. The molecule has 33 heavy (non-hydrogen) atoms. The van der Waals surface area contributed by atoms with Crippen molar-refractivity contribution < 1.29 is 22.8 Å². The van der Waals surface area contributed by atoms with Gasteiger partial charge in [-0.2, -0.15) is 8.42 Å². The number of hydrogen-bond donors (Lipinski definition) is 2. The van der Waals surface area contributed by atoms with Gasteiger partial charge in [0.2, 0.25) is 11.9 Å². The van der Waals surface area contributed by atoms with Crippen LogP contribution in [-0.2, 0) is 26.2 Å². The van der Waals surface area contributed by atoms with E-state index in [1.54, 1.807) is 19.9 Å². The summed E-state index contributed by atoms with van der Waals surface area (Å²) in [6.07, 6.45) is 0. The predicted molar refractivity (Wildman–Crippen MR) is 122 cm³/mol. The van der Waals surface area contributed by atoms with Crippen molar-refractivity contribution in [3.63, 3.8) is 0 Å². The van der Waals surface area contributed by atoms with Crippen LogP contribution in [-0.4, -0.2) is 37.4 Å². The van der Waals surface area contributed by atoms with Crippen LogP contribution in [0.2, 0.25) is 0 Å². The van der Waals surface area contributed by atoms with Gasteiger partial charge in [-0.05, 0) is 37.6 Å². The highest BCUT2D eigenvalue weighted by Gasteiger charge is 2.23. The summed E-state index contributed by atoms with van der Waals surface area (Å²) in [4.78, 5) is 25.6. The van der Waals surface area contributed by atoms with E-state index in [0.29, 0.717) is 11.4 Å². The van der Waals surface area contributed by atoms with Crippen LogP contribution in [0, 0.1) is 13.8 Å². The van der Waals surface area contributed by atoms with Crippen LogP contribution in [0.3, 0.4) is 0 Å². The SMILES string of the molecule is COC(=O)c1ccccc1S(=O)(=O)N=C(NOCc1ccccc1)Nc1nc(C)cc(C)n1. The highest BCUT2D eigenvalue weighted by atomic mass is 32.2. The van der Waals surface area contributed by atoms with Gasteiger partial charge in [-0.3, -0.25) is 10.2 Å². The van der Waals surface area contributed by atoms with E-state index in [4.69, 9.17) is 4.84 Å². The lowest BCUT2D eigenvalue weighted by molar-refractivity contribution is 0.0596. The number of benzene rings is 2. The minimum absolute atomic E-state index is 0.124. The number of methoxy groups -OCH3 is 1. The maximum absolute atomic E-state index is 13.1. The van der Waals surface area contributed by atoms with E-state index in [1.807, 2.05) is 30.3 Å². The molecule has 0 spiro atoms. The molecule has 0 saturated heterocycles. The van der Waals surface area contributed by atoms with Gasteiger partial charge in [0.15, 0.2) is 0 Å². The van der Waals surface area contributed by atoms with Gasteiger partial charge in [-0.25, -0.2) is 20.2 Å². The first-order valence-electron chi connectivity index (χ1n) is 9.82. The molecule has 11 heteroatoms. The zero-order valence-corrected chi connectivity index (χ0v) is 19.1. The Morgan fingerprint density at radius 1 is 1.00 bits per heavy atom. The largest absolute Gasteiger partial charge is 0.465 e. The lowest BCUT2D eigenvalue weighted by Gasteiger charge is -2.13. The number of aromatic nitrogens is 2. The first-order valence-corrected chi connectivity index (χ1v) is 11.3. The number of esters is 1. The Labute approximate surface area is 191 Å². The van der Waals surface area contributed by atoms with Crippen molar-refractivity contribution in [3.8, 4) is 0 Å². The van der Waals surface area contributed by atoms with Gasteiger partial charge in [-0.15, -0.1) is 4.40 Å².